The molecular formula is C18H21N5O2S. The fraction of sp³-hybridized carbons (Fsp3) is 0.333. The van der Waals surface area contributed by atoms with Crippen molar-refractivity contribution in [3.05, 3.63) is 59.7 Å². The predicted molar refractivity (Wildman–Crippen MR) is 98.6 cm³/mol. The summed E-state index contributed by atoms with van der Waals surface area (Å²) in [6, 6.07) is 11.9. The maximum Gasteiger partial charge on any atom is 0.277 e. The number of nitrogens with zero attached hydrogens (tertiary/aromatic N) is 5. The Balaban J connectivity index is 1.53. The zero-order valence-corrected chi connectivity index (χ0v) is 15.6. The van der Waals surface area contributed by atoms with Gasteiger partial charge in [0.15, 0.2) is 0 Å². The first kappa shape index (κ1) is 18.2. The van der Waals surface area contributed by atoms with Crippen LogP contribution >= 0.6 is 11.8 Å². The molecule has 1 amide bonds. The number of rotatable bonds is 8. The van der Waals surface area contributed by atoms with Crippen LogP contribution in [0.5, 0.6) is 0 Å². The van der Waals surface area contributed by atoms with Gasteiger partial charge in [0, 0.05) is 25.0 Å². The van der Waals surface area contributed by atoms with Gasteiger partial charge in [-0.3, -0.25) is 9.48 Å². The molecule has 0 aliphatic carbocycles. The highest BCUT2D eigenvalue weighted by molar-refractivity contribution is 7.99. The molecule has 0 atom stereocenters. The van der Waals surface area contributed by atoms with Crippen molar-refractivity contribution in [2.75, 3.05) is 12.3 Å². The summed E-state index contributed by atoms with van der Waals surface area (Å²) in [6.45, 7) is 5.62. The van der Waals surface area contributed by atoms with Crippen LogP contribution in [0, 0.1) is 6.92 Å². The first-order valence-corrected chi connectivity index (χ1v) is 9.39. The van der Waals surface area contributed by atoms with E-state index in [0.717, 1.165) is 11.3 Å². The van der Waals surface area contributed by atoms with Gasteiger partial charge in [0.2, 0.25) is 11.8 Å². The minimum atomic E-state index is 0.0454. The second kappa shape index (κ2) is 8.66. The Bertz CT molecular complexity index is 846. The van der Waals surface area contributed by atoms with Crippen molar-refractivity contribution in [3.63, 3.8) is 0 Å². The minimum Gasteiger partial charge on any atom is -0.414 e. The van der Waals surface area contributed by atoms with Crippen LogP contribution in [0.15, 0.2) is 52.2 Å². The molecule has 2 aromatic heterocycles. The molecular weight excluding hydrogens is 350 g/mol. The van der Waals surface area contributed by atoms with Gasteiger partial charge < -0.3 is 9.32 Å². The second-order valence-corrected chi connectivity index (χ2v) is 6.70. The smallest absolute Gasteiger partial charge is 0.277 e. The minimum absolute atomic E-state index is 0.0454. The molecule has 3 rings (SSSR count). The standard InChI is InChI=1S/C18H21N5O2S/c1-3-22(11-15-7-5-4-6-8-15)17(24)13-26-18-21-20-16(25-18)12-23-14(2)9-10-19-23/h4-10H,3,11-13H2,1-2H3. The third-order valence-electron chi connectivity index (χ3n) is 3.93. The molecule has 2 heterocycles. The number of hydrogen-bond donors (Lipinski definition) is 0. The number of aromatic nitrogens is 4. The highest BCUT2D eigenvalue weighted by atomic mass is 32.2. The lowest BCUT2D eigenvalue weighted by molar-refractivity contribution is -0.128. The summed E-state index contributed by atoms with van der Waals surface area (Å²) < 4.78 is 7.39. The average Bonchev–Trinajstić information content (AvgIpc) is 3.28. The molecule has 0 aliphatic heterocycles. The Morgan fingerprint density at radius 3 is 2.73 bits per heavy atom. The van der Waals surface area contributed by atoms with Crippen LogP contribution < -0.4 is 0 Å². The van der Waals surface area contributed by atoms with Gasteiger partial charge in [-0.2, -0.15) is 5.10 Å². The Morgan fingerprint density at radius 1 is 1.23 bits per heavy atom. The van der Waals surface area contributed by atoms with Crippen molar-refractivity contribution < 1.29 is 9.21 Å². The molecule has 0 saturated heterocycles. The fourth-order valence-corrected chi connectivity index (χ4v) is 3.13. The summed E-state index contributed by atoms with van der Waals surface area (Å²) in [6.07, 6.45) is 1.73. The highest BCUT2D eigenvalue weighted by Crippen LogP contribution is 2.18. The Hall–Kier alpha value is -2.61. The van der Waals surface area contributed by atoms with Crippen molar-refractivity contribution in [3.8, 4) is 0 Å². The number of aryl methyl sites for hydroxylation is 1. The summed E-state index contributed by atoms with van der Waals surface area (Å²) in [4.78, 5) is 14.3. The summed E-state index contributed by atoms with van der Waals surface area (Å²) in [5, 5.41) is 12.6. The quantitative estimate of drug-likeness (QED) is 0.567. The maximum absolute atomic E-state index is 12.5. The topological polar surface area (TPSA) is 77.1 Å². The van der Waals surface area contributed by atoms with Gasteiger partial charge in [-0.1, -0.05) is 42.1 Å². The van der Waals surface area contributed by atoms with Crippen molar-refractivity contribution in [2.24, 2.45) is 0 Å². The number of hydrogen-bond acceptors (Lipinski definition) is 6. The predicted octanol–water partition coefficient (Wildman–Crippen LogP) is 2.76. The largest absolute Gasteiger partial charge is 0.414 e. The van der Waals surface area contributed by atoms with E-state index in [2.05, 4.69) is 15.3 Å². The molecule has 1 aromatic carbocycles. The molecule has 0 unspecified atom stereocenters. The number of thioether (sulfide) groups is 1. The van der Waals surface area contributed by atoms with E-state index in [1.54, 1.807) is 10.9 Å². The lowest BCUT2D eigenvalue weighted by Gasteiger charge is -2.20. The molecule has 3 aromatic rings. The summed E-state index contributed by atoms with van der Waals surface area (Å²) in [5.41, 5.74) is 2.13. The Kier molecular flexibility index (Phi) is 6.06. The highest BCUT2D eigenvalue weighted by Gasteiger charge is 2.15. The van der Waals surface area contributed by atoms with Gasteiger partial charge in [-0.15, -0.1) is 10.2 Å². The molecule has 0 saturated carbocycles. The zero-order chi connectivity index (χ0) is 18.4. The fourth-order valence-electron chi connectivity index (χ4n) is 2.45. The van der Waals surface area contributed by atoms with Gasteiger partial charge in [-0.05, 0) is 25.5 Å². The van der Waals surface area contributed by atoms with Crippen LogP contribution in [0.25, 0.3) is 0 Å². The van der Waals surface area contributed by atoms with E-state index in [9.17, 15) is 4.79 Å². The van der Waals surface area contributed by atoms with Crippen LogP contribution in [-0.2, 0) is 17.9 Å². The van der Waals surface area contributed by atoms with E-state index in [1.807, 2.05) is 55.1 Å². The monoisotopic (exact) mass is 371 g/mol. The molecule has 136 valence electrons. The number of carbonyl (C=O) groups is 1. The first-order chi connectivity index (χ1) is 12.7. The van der Waals surface area contributed by atoms with Gasteiger partial charge in [0.1, 0.15) is 6.54 Å². The molecule has 26 heavy (non-hydrogen) atoms. The molecule has 0 fully saturated rings. The van der Waals surface area contributed by atoms with Crippen LogP contribution in [-0.4, -0.2) is 43.1 Å². The lowest BCUT2D eigenvalue weighted by atomic mass is 10.2. The van der Waals surface area contributed by atoms with Gasteiger partial charge >= 0.3 is 0 Å². The number of amides is 1. The average molecular weight is 371 g/mol. The first-order valence-electron chi connectivity index (χ1n) is 8.41. The van der Waals surface area contributed by atoms with E-state index < -0.39 is 0 Å². The van der Waals surface area contributed by atoms with Crippen molar-refractivity contribution >= 4 is 17.7 Å². The van der Waals surface area contributed by atoms with E-state index in [4.69, 9.17) is 4.42 Å². The molecule has 0 N–H and O–H groups in total. The van der Waals surface area contributed by atoms with Gasteiger partial charge in [0.05, 0.1) is 5.75 Å². The Morgan fingerprint density at radius 2 is 2.04 bits per heavy atom. The third kappa shape index (κ3) is 4.72. The Labute approximate surface area is 156 Å². The van der Waals surface area contributed by atoms with Crippen molar-refractivity contribution in [2.45, 2.75) is 32.2 Å². The number of benzene rings is 1. The van der Waals surface area contributed by atoms with Crippen molar-refractivity contribution in [1.29, 1.82) is 0 Å². The van der Waals surface area contributed by atoms with Crippen LogP contribution in [0.4, 0.5) is 0 Å². The van der Waals surface area contributed by atoms with E-state index in [0.29, 0.717) is 30.7 Å². The van der Waals surface area contributed by atoms with Gasteiger partial charge in [-0.25, -0.2) is 0 Å². The summed E-state index contributed by atoms with van der Waals surface area (Å²) in [7, 11) is 0. The molecule has 0 aliphatic rings. The van der Waals surface area contributed by atoms with Crippen molar-refractivity contribution in [1.82, 2.24) is 24.9 Å². The molecule has 0 bridgehead atoms. The zero-order valence-electron chi connectivity index (χ0n) is 14.8. The third-order valence-corrected chi connectivity index (χ3v) is 4.74. The van der Waals surface area contributed by atoms with E-state index in [1.165, 1.54) is 11.8 Å². The van der Waals surface area contributed by atoms with Crippen LogP contribution in [0.1, 0.15) is 24.1 Å². The number of carbonyl (C=O) groups excluding carboxylic acids is 1. The second-order valence-electron chi connectivity index (χ2n) is 5.77. The molecule has 8 heteroatoms. The van der Waals surface area contributed by atoms with Crippen LogP contribution in [0.2, 0.25) is 0 Å². The summed E-state index contributed by atoms with van der Waals surface area (Å²) >= 11 is 1.26. The van der Waals surface area contributed by atoms with Crippen LogP contribution in [0.3, 0.4) is 0 Å². The van der Waals surface area contributed by atoms with E-state index >= 15 is 0 Å². The summed E-state index contributed by atoms with van der Waals surface area (Å²) in [5.74, 6) is 0.788. The maximum atomic E-state index is 12.5. The SMILES string of the molecule is CCN(Cc1ccccc1)C(=O)CSc1nnc(Cn2nccc2C)o1. The normalized spacial score (nSPS) is 10.8. The molecule has 0 spiro atoms. The molecule has 7 nitrogen and oxygen atoms in total. The molecule has 0 radical (unpaired) electrons. The van der Waals surface area contributed by atoms with E-state index in [-0.39, 0.29) is 11.7 Å². The lowest BCUT2D eigenvalue weighted by Crippen LogP contribution is -2.31. The van der Waals surface area contributed by atoms with Gasteiger partial charge in [0.25, 0.3) is 5.22 Å².